The fourth-order valence-corrected chi connectivity index (χ4v) is 2.91. The van der Waals surface area contributed by atoms with E-state index in [0.717, 1.165) is 0 Å². The van der Waals surface area contributed by atoms with Gasteiger partial charge in [0.15, 0.2) is 17.3 Å². The molecule has 0 radical (unpaired) electrons. The van der Waals surface area contributed by atoms with E-state index in [2.05, 4.69) is 15.9 Å². The summed E-state index contributed by atoms with van der Waals surface area (Å²) in [7, 11) is 0. The highest BCUT2D eigenvalue weighted by Crippen LogP contribution is 2.27. The molecule has 0 saturated heterocycles. The Morgan fingerprint density at radius 3 is 1.77 bits per heavy atom. The van der Waals surface area contributed by atoms with Crippen molar-refractivity contribution in [1.29, 1.82) is 0 Å². The molecule has 0 saturated carbocycles. The van der Waals surface area contributed by atoms with Crippen molar-refractivity contribution < 1.29 is 45.0 Å². The molecule has 0 aliphatic rings. The molecule has 0 spiro atoms. The van der Waals surface area contributed by atoms with Crippen LogP contribution < -0.4 is 0 Å². The second-order valence-corrected chi connectivity index (χ2v) is 7.75. The SMILES string of the molecule is Cc1cc(C(=O)CO)ccc1O.O=C(CO)c1cccc(Br)c1O.O=C(CO)c1ccccc1O. The van der Waals surface area contributed by atoms with Crippen molar-refractivity contribution in [2.24, 2.45) is 0 Å². The Bertz CT molecular complexity index is 1180. The molecular formula is C25H25BrO9. The highest BCUT2D eigenvalue weighted by atomic mass is 79.9. The topological polar surface area (TPSA) is 173 Å². The number of aryl methyl sites for hydroxylation is 1. The molecular weight excluding hydrogens is 524 g/mol. The Morgan fingerprint density at radius 1 is 0.686 bits per heavy atom. The van der Waals surface area contributed by atoms with Crippen LogP contribution in [0.4, 0.5) is 0 Å². The first-order chi connectivity index (χ1) is 16.6. The number of phenolic OH excluding ortho intramolecular Hbond substituents is 3. The summed E-state index contributed by atoms with van der Waals surface area (Å²) in [6.07, 6.45) is 0. The fraction of sp³-hybridized carbons (Fsp3) is 0.160. The maximum absolute atomic E-state index is 11.0. The molecule has 0 unspecified atom stereocenters. The van der Waals surface area contributed by atoms with Crippen LogP contribution in [0.1, 0.15) is 36.6 Å². The minimum atomic E-state index is -0.593. The van der Waals surface area contributed by atoms with Crippen molar-refractivity contribution in [1.82, 2.24) is 0 Å². The Kier molecular flexibility index (Phi) is 12.3. The number of Topliss-reactive ketones (excluding diaryl/α,β-unsaturated/α-hetero) is 3. The lowest BCUT2D eigenvalue weighted by molar-refractivity contribution is 0.0895. The van der Waals surface area contributed by atoms with Gasteiger partial charge in [-0.1, -0.05) is 18.2 Å². The molecule has 0 heterocycles. The molecule has 186 valence electrons. The van der Waals surface area contributed by atoms with E-state index in [9.17, 15) is 19.5 Å². The van der Waals surface area contributed by atoms with E-state index in [1.165, 1.54) is 30.3 Å². The summed E-state index contributed by atoms with van der Waals surface area (Å²) < 4.78 is 0.446. The molecule has 0 atom stereocenters. The van der Waals surface area contributed by atoms with Crippen LogP contribution in [0.5, 0.6) is 17.2 Å². The summed E-state index contributed by atoms with van der Waals surface area (Å²) in [6.45, 7) is 0.0370. The van der Waals surface area contributed by atoms with Gasteiger partial charge in [0.05, 0.1) is 15.6 Å². The third kappa shape index (κ3) is 8.95. The van der Waals surface area contributed by atoms with Crippen LogP contribution in [0.2, 0.25) is 0 Å². The number of benzene rings is 3. The molecule has 0 aliphatic carbocycles. The van der Waals surface area contributed by atoms with Crippen LogP contribution in [0, 0.1) is 6.92 Å². The molecule has 3 aromatic rings. The van der Waals surface area contributed by atoms with Gasteiger partial charge in [-0.25, -0.2) is 0 Å². The van der Waals surface area contributed by atoms with E-state index in [1.807, 2.05) is 0 Å². The van der Waals surface area contributed by atoms with Crippen LogP contribution in [0.15, 0.2) is 65.1 Å². The number of rotatable bonds is 6. The molecule has 3 rings (SSSR count). The zero-order chi connectivity index (χ0) is 26.5. The first-order valence-electron chi connectivity index (χ1n) is 10.0. The lowest BCUT2D eigenvalue weighted by Gasteiger charge is -2.02. The van der Waals surface area contributed by atoms with E-state index in [-0.39, 0.29) is 34.2 Å². The molecule has 3 aromatic carbocycles. The minimum Gasteiger partial charge on any atom is -0.508 e. The number of hydrogen-bond acceptors (Lipinski definition) is 9. The summed E-state index contributed by atoms with van der Waals surface area (Å²) in [5, 5.41) is 53.0. The number of ketones is 3. The highest BCUT2D eigenvalue weighted by Gasteiger charge is 2.11. The average molecular weight is 549 g/mol. The van der Waals surface area contributed by atoms with Gasteiger partial charge in [0.25, 0.3) is 0 Å². The van der Waals surface area contributed by atoms with Gasteiger partial charge in [-0.05, 0) is 70.9 Å². The number of aromatic hydroxyl groups is 3. The normalized spacial score (nSPS) is 9.74. The van der Waals surface area contributed by atoms with E-state index >= 15 is 0 Å². The lowest BCUT2D eigenvalue weighted by atomic mass is 10.1. The van der Waals surface area contributed by atoms with Gasteiger partial charge in [-0.2, -0.15) is 0 Å². The highest BCUT2D eigenvalue weighted by molar-refractivity contribution is 9.10. The zero-order valence-electron chi connectivity index (χ0n) is 18.7. The quantitative estimate of drug-likeness (QED) is 0.253. The van der Waals surface area contributed by atoms with Crippen molar-refractivity contribution in [2.45, 2.75) is 6.92 Å². The zero-order valence-corrected chi connectivity index (χ0v) is 20.3. The van der Waals surface area contributed by atoms with Crippen molar-refractivity contribution in [3.05, 3.63) is 87.4 Å². The molecule has 35 heavy (non-hydrogen) atoms. The van der Waals surface area contributed by atoms with Crippen LogP contribution in [-0.4, -0.2) is 67.8 Å². The number of aliphatic hydroxyl groups is 3. The maximum atomic E-state index is 11.0. The number of para-hydroxylation sites is 2. The van der Waals surface area contributed by atoms with E-state index < -0.39 is 31.4 Å². The summed E-state index contributed by atoms with van der Waals surface area (Å²) >= 11 is 3.06. The van der Waals surface area contributed by atoms with Gasteiger partial charge in [0.1, 0.15) is 37.1 Å². The summed E-state index contributed by atoms with van der Waals surface area (Å²) in [6, 6.07) is 15.3. The van der Waals surface area contributed by atoms with Gasteiger partial charge in [0, 0.05) is 5.56 Å². The van der Waals surface area contributed by atoms with E-state index in [4.69, 9.17) is 25.5 Å². The minimum absolute atomic E-state index is 0.0912. The number of phenols is 3. The molecule has 9 nitrogen and oxygen atoms in total. The molecule has 10 heteroatoms. The first-order valence-corrected chi connectivity index (χ1v) is 10.8. The third-order valence-corrected chi connectivity index (χ3v) is 5.08. The molecule has 0 fully saturated rings. The standard InChI is InChI=1S/C9H10O3.C8H7BrO3.C8H8O3/c1-6-4-7(9(12)5-10)2-3-8(6)11;9-6-3-1-2-5(8(6)12)7(11)4-10;9-5-8(11)6-3-1-2-4-7(6)10/h2-4,10-11H,5H2,1H3;1-3,10,12H,4H2;1-4,9-10H,5H2. The van der Waals surface area contributed by atoms with Crippen molar-refractivity contribution >= 4 is 33.3 Å². The van der Waals surface area contributed by atoms with Gasteiger partial charge in [-0.3, -0.25) is 14.4 Å². The lowest BCUT2D eigenvalue weighted by Crippen LogP contribution is -2.04. The summed E-state index contributed by atoms with van der Waals surface area (Å²) in [4.78, 5) is 32.7. The van der Waals surface area contributed by atoms with Crippen LogP contribution >= 0.6 is 15.9 Å². The van der Waals surface area contributed by atoms with Gasteiger partial charge in [0.2, 0.25) is 0 Å². The Morgan fingerprint density at radius 2 is 1.23 bits per heavy atom. The Balaban J connectivity index is 0.000000263. The van der Waals surface area contributed by atoms with E-state index in [1.54, 1.807) is 37.3 Å². The molecule has 6 N–H and O–H groups in total. The number of aliphatic hydroxyl groups excluding tert-OH is 3. The predicted octanol–water partition coefficient (Wildman–Crippen LogP) is 2.77. The number of hydrogen-bond donors (Lipinski definition) is 6. The second-order valence-electron chi connectivity index (χ2n) is 6.90. The predicted molar refractivity (Wildman–Crippen MR) is 131 cm³/mol. The first kappa shape index (κ1) is 29.5. The van der Waals surface area contributed by atoms with Crippen LogP contribution in [-0.2, 0) is 0 Å². The fourth-order valence-electron chi connectivity index (χ4n) is 2.54. The molecule has 0 amide bonds. The number of carbonyl (C=O) groups is 3. The summed E-state index contributed by atoms with van der Waals surface area (Å²) in [5.41, 5.74) is 1.35. The van der Waals surface area contributed by atoms with Crippen molar-refractivity contribution in [2.75, 3.05) is 19.8 Å². The van der Waals surface area contributed by atoms with Gasteiger partial charge in [-0.15, -0.1) is 0 Å². The Hall–Kier alpha value is -3.57. The number of halogens is 1. The van der Waals surface area contributed by atoms with Gasteiger partial charge < -0.3 is 30.6 Å². The molecule has 0 aliphatic heterocycles. The monoisotopic (exact) mass is 548 g/mol. The van der Waals surface area contributed by atoms with Gasteiger partial charge >= 0.3 is 0 Å². The largest absolute Gasteiger partial charge is 0.508 e. The average Bonchev–Trinajstić information content (AvgIpc) is 2.87. The smallest absolute Gasteiger partial charge is 0.191 e. The van der Waals surface area contributed by atoms with Crippen molar-refractivity contribution in [3.63, 3.8) is 0 Å². The van der Waals surface area contributed by atoms with Crippen LogP contribution in [0.3, 0.4) is 0 Å². The molecule has 0 aromatic heterocycles. The van der Waals surface area contributed by atoms with Crippen molar-refractivity contribution in [3.8, 4) is 17.2 Å². The molecule has 0 bridgehead atoms. The Labute approximate surface area is 209 Å². The second kappa shape index (κ2) is 14.6. The summed E-state index contributed by atoms with van der Waals surface area (Å²) in [5.74, 6) is -1.36. The third-order valence-electron chi connectivity index (χ3n) is 4.44. The van der Waals surface area contributed by atoms with Crippen LogP contribution in [0.25, 0.3) is 0 Å². The number of carbonyl (C=O) groups excluding carboxylic acids is 3. The van der Waals surface area contributed by atoms with E-state index in [0.29, 0.717) is 15.6 Å². The maximum Gasteiger partial charge on any atom is 0.191 e.